The lowest BCUT2D eigenvalue weighted by Crippen LogP contribution is -2.56. The van der Waals surface area contributed by atoms with Gasteiger partial charge in [-0.05, 0) is 24.3 Å². The van der Waals surface area contributed by atoms with E-state index in [1.165, 1.54) is 11.3 Å². The lowest BCUT2D eigenvalue weighted by atomic mass is 9.77. The zero-order chi connectivity index (χ0) is 15.9. The van der Waals surface area contributed by atoms with Gasteiger partial charge in [0, 0.05) is 31.9 Å². The number of carbonyl (C=O) groups excluding carboxylic acids is 2. The van der Waals surface area contributed by atoms with Crippen LogP contribution in [0.2, 0.25) is 0 Å². The predicted octanol–water partition coefficient (Wildman–Crippen LogP) is 1.29. The van der Waals surface area contributed by atoms with Gasteiger partial charge < -0.3 is 14.9 Å². The summed E-state index contributed by atoms with van der Waals surface area (Å²) >= 11 is 1.48. The molecule has 2 saturated heterocycles. The van der Waals surface area contributed by atoms with Gasteiger partial charge in [-0.25, -0.2) is 0 Å². The maximum atomic E-state index is 12.4. The third kappa shape index (κ3) is 2.20. The first-order valence-electron chi connectivity index (χ1n) is 7.26. The summed E-state index contributed by atoms with van der Waals surface area (Å²) < 4.78 is 0. The third-order valence-corrected chi connectivity index (χ3v) is 5.74. The van der Waals surface area contributed by atoms with Crippen LogP contribution in [0, 0.1) is 5.92 Å². The Kier molecular flexibility index (Phi) is 3.68. The standard InChI is InChI=1S/C15H18N2O4S/c1-16-12(18)8-11(14(20)21)15(16)3-5-17(6-4-15)13(19)10-2-7-22-9-10/h2,7,9,11H,3-6,8H2,1H3,(H,20,21). The normalized spacial score (nSPS) is 24.0. The van der Waals surface area contributed by atoms with Crippen molar-refractivity contribution >= 4 is 29.1 Å². The van der Waals surface area contributed by atoms with Crippen LogP contribution in [0.1, 0.15) is 29.6 Å². The van der Waals surface area contributed by atoms with Crippen LogP contribution in [0.5, 0.6) is 0 Å². The molecule has 1 unspecified atom stereocenters. The number of hydrogen-bond acceptors (Lipinski definition) is 4. The van der Waals surface area contributed by atoms with E-state index in [1.54, 1.807) is 22.9 Å². The van der Waals surface area contributed by atoms with Crippen LogP contribution in [0.15, 0.2) is 16.8 Å². The summed E-state index contributed by atoms with van der Waals surface area (Å²) in [5.74, 6) is -1.74. The van der Waals surface area contributed by atoms with E-state index in [1.807, 2.05) is 10.8 Å². The molecule has 2 fully saturated rings. The second-order valence-electron chi connectivity index (χ2n) is 5.96. The molecule has 1 aromatic heterocycles. The molecule has 0 saturated carbocycles. The first kappa shape index (κ1) is 15.0. The zero-order valence-electron chi connectivity index (χ0n) is 12.3. The van der Waals surface area contributed by atoms with Crippen LogP contribution in [0.3, 0.4) is 0 Å². The quantitative estimate of drug-likeness (QED) is 0.890. The maximum Gasteiger partial charge on any atom is 0.309 e. The molecular formula is C15H18N2O4S. The van der Waals surface area contributed by atoms with Gasteiger partial charge in [-0.15, -0.1) is 0 Å². The number of thiophene rings is 1. The molecule has 118 valence electrons. The molecular weight excluding hydrogens is 304 g/mol. The Bertz CT molecular complexity index is 605. The number of carboxylic acid groups (broad SMARTS) is 1. The molecule has 0 radical (unpaired) electrons. The predicted molar refractivity (Wildman–Crippen MR) is 80.7 cm³/mol. The Morgan fingerprint density at radius 1 is 1.36 bits per heavy atom. The van der Waals surface area contributed by atoms with Crippen molar-refractivity contribution in [2.75, 3.05) is 20.1 Å². The van der Waals surface area contributed by atoms with Crippen LogP contribution < -0.4 is 0 Å². The molecule has 1 atom stereocenters. The van der Waals surface area contributed by atoms with Gasteiger partial charge in [-0.1, -0.05) is 0 Å². The van der Waals surface area contributed by atoms with Gasteiger partial charge in [0.15, 0.2) is 0 Å². The van der Waals surface area contributed by atoms with E-state index in [-0.39, 0.29) is 18.2 Å². The monoisotopic (exact) mass is 322 g/mol. The average molecular weight is 322 g/mol. The number of carboxylic acids is 1. The molecule has 22 heavy (non-hydrogen) atoms. The zero-order valence-corrected chi connectivity index (χ0v) is 13.1. The third-order valence-electron chi connectivity index (χ3n) is 5.05. The van der Waals surface area contributed by atoms with Gasteiger partial charge in [-0.3, -0.25) is 14.4 Å². The van der Waals surface area contributed by atoms with E-state index in [2.05, 4.69) is 0 Å². The van der Waals surface area contributed by atoms with Crippen molar-refractivity contribution in [2.24, 2.45) is 5.92 Å². The largest absolute Gasteiger partial charge is 0.481 e. The van der Waals surface area contributed by atoms with E-state index in [0.717, 1.165) is 0 Å². The van der Waals surface area contributed by atoms with Gasteiger partial charge in [0.1, 0.15) is 0 Å². The van der Waals surface area contributed by atoms with E-state index in [4.69, 9.17) is 0 Å². The lowest BCUT2D eigenvalue weighted by molar-refractivity contribution is -0.145. The highest BCUT2D eigenvalue weighted by atomic mass is 32.1. The van der Waals surface area contributed by atoms with Gasteiger partial charge >= 0.3 is 5.97 Å². The van der Waals surface area contributed by atoms with Crippen molar-refractivity contribution in [3.63, 3.8) is 0 Å². The second-order valence-corrected chi connectivity index (χ2v) is 6.74. The topological polar surface area (TPSA) is 77.9 Å². The lowest BCUT2D eigenvalue weighted by Gasteiger charge is -2.45. The molecule has 0 bridgehead atoms. The highest BCUT2D eigenvalue weighted by Gasteiger charge is 2.55. The highest BCUT2D eigenvalue weighted by molar-refractivity contribution is 7.08. The molecule has 3 heterocycles. The molecule has 7 heteroatoms. The number of carbonyl (C=O) groups is 3. The fourth-order valence-electron chi connectivity index (χ4n) is 3.65. The Hall–Kier alpha value is -1.89. The Morgan fingerprint density at radius 2 is 2.05 bits per heavy atom. The number of aliphatic carboxylic acids is 1. The summed E-state index contributed by atoms with van der Waals surface area (Å²) in [6, 6.07) is 1.79. The summed E-state index contributed by atoms with van der Waals surface area (Å²) in [5.41, 5.74) is 0.0283. The number of hydrogen-bond donors (Lipinski definition) is 1. The van der Waals surface area contributed by atoms with Gasteiger partial charge in [0.05, 0.1) is 17.0 Å². The SMILES string of the molecule is CN1C(=O)CC(C(=O)O)C12CCN(C(=O)c1ccsc1)CC2. The number of rotatable bonds is 2. The number of piperidine rings is 1. The molecule has 6 nitrogen and oxygen atoms in total. The molecule has 1 N–H and O–H groups in total. The van der Waals surface area contributed by atoms with Crippen LogP contribution in [-0.4, -0.2) is 58.4 Å². The maximum absolute atomic E-state index is 12.4. The second kappa shape index (κ2) is 5.39. The van der Waals surface area contributed by atoms with E-state index >= 15 is 0 Å². The minimum Gasteiger partial charge on any atom is -0.481 e. The van der Waals surface area contributed by atoms with Crippen molar-refractivity contribution < 1.29 is 19.5 Å². The minimum atomic E-state index is -0.921. The van der Waals surface area contributed by atoms with Crippen LogP contribution in [0.4, 0.5) is 0 Å². The molecule has 0 aliphatic carbocycles. The van der Waals surface area contributed by atoms with Gasteiger partial charge in [0.25, 0.3) is 5.91 Å². The fraction of sp³-hybridized carbons (Fsp3) is 0.533. The van der Waals surface area contributed by atoms with Gasteiger partial charge in [-0.2, -0.15) is 11.3 Å². The summed E-state index contributed by atoms with van der Waals surface area (Å²) in [6.45, 7) is 0.964. The summed E-state index contributed by atoms with van der Waals surface area (Å²) in [4.78, 5) is 39.2. The molecule has 3 rings (SSSR count). The van der Waals surface area contributed by atoms with Crippen molar-refractivity contribution in [3.05, 3.63) is 22.4 Å². The number of nitrogens with zero attached hydrogens (tertiary/aromatic N) is 2. The number of likely N-dealkylation sites (tertiary alicyclic amines) is 2. The van der Waals surface area contributed by atoms with Crippen LogP contribution in [-0.2, 0) is 9.59 Å². The molecule has 2 aliphatic rings. The molecule has 1 aromatic rings. The Balaban J connectivity index is 1.76. The molecule has 0 aromatic carbocycles. The summed E-state index contributed by atoms with van der Waals surface area (Å²) in [6.07, 6.45) is 1.09. The Morgan fingerprint density at radius 3 is 2.59 bits per heavy atom. The van der Waals surface area contributed by atoms with E-state index < -0.39 is 17.4 Å². The summed E-state index contributed by atoms with van der Waals surface area (Å²) in [5, 5.41) is 13.1. The van der Waals surface area contributed by atoms with Crippen molar-refractivity contribution in [1.82, 2.24) is 9.80 Å². The molecule has 1 spiro atoms. The van der Waals surface area contributed by atoms with Crippen molar-refractivity contribution in [3.8, 4) is 0 Å². The molecule has 2 aliphatic heterocycles. The van der Waals surface area contributed by atoms with Crippen LogP contribution >= 0.6 is 11.3 Å². The average Bonchev–Trinajstić information content (AvgIpc) is 3.11. The van der Waals surface area contributed by atoms with Crippen molar-refractivity contribution in [2.45, 2.75) is 24.8 Å². The number of amides is 2. The van der Waals surface area contributed by atoms with E-state index in [9.17, 15) is 19.5 Å². The first-order chi connectivity index (χ1) is 10.5. The Labute approximate surface area is 132 Å². The minimum absolute atomic E-state index is 0.0186. The van der Waals surface area contributed by atoms with Crippen molar-refractivity contribution in [1.29, 1.82) is 0 Å². The highest BCUT2D eigenvalue weighted by Crippen LogP contribution is 2.43. The molecule has 2 amide bonds. The van der Waals surface area contributed by atoms with Crippen LogP contribution in [0.25, 0.3) is 0 Å². The summed E-state index contributed by atoms with van der Waals surface area (Å²) in [7, 11) is 1.68. The van der Waals surface area contributed by atoms with Gasteiger partial charge in [0.2, 0.25) is 5.91 Å². The fourth-order valence-corrected chi connectivity index (χ4v) is 4.28. The van der Waals surface area contributed by atoms with E-state index in [0.29, 0.717) is 31.5 Å². The first-order valence-corrected chi connectivity index (χ1v) is 8.21. The smallest absolute Gasteiger partial charge is 0.309 e.